The van der Waals surface area contributed by atoms with E-state index in [1.165, 1.54) is 0 Å². The molecule has 1 aliphatic rings. The fourth-order valence-electron chi connectivity index (χ4n) is 1.53. The van der Waals surface area contributed by atoms with Crippen molar-refractivity contribution >= 4 is 28.4 Å². The van der Waals surface area contributed by atoms with Gasteiger partial charge in [0.25, 0.3) is 0 Å². The number of anilines is 1. The molecule has 0 unspecified atom stereocenters. The van der Waals surface area contributed by atoms with E-state index in [4.69, 9.17) is 11.6 Å². The highest BCUT2D eigenvalue weighted by Crippen LogP contribution is 2.48. The predicted octanol–water partition coefficient (Wildman–Crippen LogP) is 2.48. The van der Waals surface area contributed by atoms with Crippen molar-refractivity contribution in [2.24, 2.45) is 5.41 Å². The van der Waals surface area contributed by atoms with E-state index >= 15 is 0 Å². The average Bonchev–Trinajstić information content (AvgIpc) is 3.02. The summed E-state index contributed by atoms with van der Waals surface area (Å²) in [7, 11) is 0. The Morgan fingerprint density at radius 2 is 1.81 bits per heavy atom. The summed E-state index contributed by atoms with van der Waals surface area (Å²) >= 11 is 5.42. The Morgan fingerprint density at radius 3 is 2.25 bits per heavy atom. The van der Waals surface area contributed by atoms with Crippen molar-refractivity contribution in [1.82, 2.24) is 0 Å². The van der Waals surface area contributed by atoms with Gasteiger partial charge in [0.2, 0.25) is 11.1 Å². The van der Waals surface area contributed by atoms with Crippen LogP contribution in [0.5, 0.6) is 0 Å². The Hall–Kier alpha value is -1.35. The first-order chi connectivity index (χ1) is 7.54. The molecule has 0 spiro atoms. The predicted molar refractivity (Wildman–Crippen MR) is 62.3 cm³/mol. The SMILES string of the molecule is Cc1ccc(NC(=O)C2(C(=O)Cl)CC2)cc1. The Bertz CT molecular complexity index is 435. The van der Waals surface area contributed by atoms with E-state index in [1.807, 2.05) is 31.2 Å². The molecule has 1 aliphatic carbocycles. The highest BCUT2D eigenvalue weighted by atomic mass is 35.5. The fraction of sp³-hybridized carbons (Fsp3) is 0.333. The van der Waals surface area contributed by atoms with E-state index in [0.29, 0.717) is 18.5 Å². The summed E-state index contributed by atoms with van der Waals surface area (Å²) in [6, 6.07) is 7.42. The molecule has 1 amide bonds. The van der Waals surface area contributed by atoms with Gasteiger partial charge in [-0.15, -0.1) is 0 Å². The van der Waals surface area contributed by atoms with Crippen LogP contribution in [-0.2, 0) is 9.59 Å². The maximum atomic E-state index is 11.8. The van der Waals surface area contributed by atoms with Crippen LogP contribution in [0, 0.1) is 12.3 Å². The van der Waals surface area contributed by atoms with Crippen LogP contribution in [0.25, 0.3) is 0 Å². The highest BCUT2D eigenvalue weighted by Gasteiger charge is 2.55. The minimum atomic E-state index is -0.966. The fourth-order valence-corrected chi connectivity index (χ4v) is 1.80. The van der Waals surface area contributed by atoms with Gasteiger partial charge in [-0.2, -0.15) is 0 Å². The maximum absolute atomic E-state index is 11.8. The highest BCUT2D eigenvalue weighted by molar-refractivity contribution is 6.67. The summed E-state index contributed by atoms with van der Waals surface area (Å²) in [5.41, 5.74) is 0.847. The zero-order valence-corrected chi connectivity index (χ0v) is 9.67. The third kappa shape index (κ3) is 1.95. The minimum Gasteiger partial charge on any atom is -0.325 e. The lowest BCUT2D eigenvalue weighted by atomic mass is 10.1. The van der Waals surface area contributed by atoms with Crippen molar-refractivity contribution in [3.63, 3.8) is 0 Å². The van der Waals surface area contributed by atoms with E-state index in [1.54, 1.807) is 0 Å². The number of hydrogen-bond acceptors (Lipinski definition) is 2. The maximum Gasteiger partial charge on any atom is 0.239 e. The smallest absolute Gasteiger partial charge is 0.239 e. The molecule has 1 aromatic carbocycles. The van der Waals surface area contributed by atoms with E-state index < -0.39 is 10.7 Å². The molecule has 3 nitrogen and oxygen atoms in total. The molecule has 0 radical (unpaired) electrons. The minimum absolute atomic E-state index is 0.295. The van der Waals surface area contributed by atoms with Crippen molar-refractivity contribution in [2.45, 2.75) is 19.8 Å². The molecule has 2 rings (SSSR count). The molecule has 0 heterocycles. The number of rotatable bonds is 3. The van der Waals surface area contributed by atoms with E-state index in [0.717, 1.165) is 5.56 Å². The Labute approximate surface area is 98.8 Å². The lowest BCUT2D eigenvalue weighted by Crippen LogP contribution is -2.28. The summed E-state index contributed by atoms with van der Waals surface area (Å²) in [5.74, 6) is -0.295. The van der Waals surface area contributed by atoms with Gasteiger partial charge in [-0.3, -0.25) is 9.59 Å². The van der Waals surface area contributed by atoms with Gasteiger partial charge >= 0.3 is 0 Å². The first-order valence-corrected chi connectivity index (χ1v) is 5.50. The Morgan fingerprint density at radius 1 is 1.25 bits per heavy atom. The van der Waals surface area contributed by atoms with E-state index in [2.05, 4.69) is 5.32 Å². The van der Waals surface area contributed by atoms with Crippen molar-refractivity contribution < 1.29 is 9.59 Å². The Kier molecular flexibility index (Phi) is 2.72. The summed E-state index contributed by atoms with van der Waals surface area (Å²) < 4.78 is 0. The van der Waals surface area contributed by atoms with E-state index in [9.17, 15) is 9.59 Å². The molecule has 16 heavy (non-hydrogen) atoms. The van der Waals surface area contributed by atoms with Crippen molar-refractivity contribution in [3.8, 4) is 0 Å². The number of carbonyl (C=O) groups excluding carboxylic acids is 2. The molecular formula is C12H12ClNO2. The van der Waals surface area contributed by atoms with Gasteiger partial charge in [-0.05, 0) is 43.5 Å². The second-order valence-electron chi connectivity index (χ2n) is 4.18. The molecule has 1 N–H and O–H groups in total. The number of amides is 1. The van der Waals surface area contributed by atoms with Gasteiger partial charge in [0.1, 0.15) is 5.41 Å². The van der Waals surface area contributed by atoms with Crippen LogP contribution in [-0.4, -0.2) is 11.1 Å². The number of carbonyl (C=O) groups is 2. The van der Waals surface area contributed by atoms with Crippen molar-refractivity contribution in [2.75, 3.05) is 5.32 Å². The summed E-state index contributed by atoms with van der Waals surface area (Å²) in [6.45, 7) is 1.97. The van der Waals surface area contributed by atoms with Gasteiger partial charge in [0.15, 0.2) is 0 Å². The quantitative estimate of drug-likeness (QED) is 0.649. The Balaban J connectivity index is 2.08. The van der Waals surface area contributed by atoms with Crippen LogP contribution in [0.15, 0.2) is 24.3 Å². The zero-order chi connectivity index (χ0) is 11.8. The monoisotopic (exact) mass is 237 g/mol. The largest absolute Gasteiger partial charge is 0.325 e. The summed E-state index contributed by atoms with van der Waals surface area (Å²) in [4.78, 5) is 22.9. The molecule has 1 aromatic rings. The zero-order valence-electron chi connectivity index (χ0n) is 8.92. The normalized spacial score (nSPS) is 16.6. The molecule has 1 saturated carbocycles. The summed E-state index contributed by atoms with van der Waals surface area (Å²) in [5, 5.41) is 2.15. The standard InChI is InChI=1S/C12H12ClNO2/c1-8-2-4-9(5-3-8)14-11(16)12(6-7-12)10(13)15/h2-5H,6-7H2,1H3,(H,14,16). The lowest BCUT2D eigenvalue weighted by molar-refractivity contribution is -0.128. The molecule has 0 atom stereocenters. The third-order valence-corrected chi connectivity index (χ3v) is 3.23. The number of aryl methyl sites for hydroxylation is 1. The first kappa shape index (κ1) is 11.1. The third-order valence-electron chi connectivity index (χ3n) is 2.87. The van der Waals surface area contributed by atoms with Crippen LogP contribution in [0.1, 0.15) is 18.4 Å². The molecular weight excluding hydrogens is 226 g/mol. The van der Waals surface area contributed by atoms with Gasteiger partial charge < -0.3 is 5.32 Å². The molecule has 0 aliphatic heterocycles. The molecule has 0 saturated heterocycles. The van der Waals surface area contributed by atoms with Gasteiger partial charge in [0.05, 0.1) is 0 Å². The van der Waals surface area contributed by atoms with Gasteiger partial charge in [0, 0.05) is 5.69 Å². The van der Waals surface area contributed by atoms with Gasteiger partial charge in [-0.25, -0.2) is 0 Å². The van der Waals surface area contributed by atoms with Crippen LogP contribution >= 0.6 is 11.6 Å². The second-order valence-corrected chi connectivity index (χ2v) is 4.52. The molecule has 4 heteroatoms. The summed E-state index contributed by atoms with van der Waals surface area (Å²) in [6.07, 6.45) is 1.10. The second kappa shape index (κ2) is 3.91. The molecule has 0 aromatic heterocycles. The average molecular weight is 238 g/mol. The van der Waals surface area contributed by atoms with Crippen LogP contribution in [0.2, 0.25) is 0 Å². The van der Waals surface area contributed by atoms with E-state index in [-0.39, 0.29) is 5.91 Å². The lowest BCUT2D eigenvalue weighted by Gasteiger charge is -2.10. The molecule has 84 valence electrons. The number of nitrogens with one attached hydrogen (secondary N) is 1. The molecule has 1 fully saturated rings. The van der Waals surface area contributed by atoms with Crippen LogP contribution in [0.3, 0.4) is 0 Å². The number of halogens is 1. The molecule has 0 bridgehead atoms. The first-order valence-electron chi connectivity index (χ1n) is 5.13. The van der Waals surface area contributed by atoms with Crippen molar-refractivity contribution in [1.29, 1.82) is 0 Å². The van der Waals surface area contributed by atoms with Crippen molar-refractivity contribution in [3.05, 3.63) is 29.8 Å². The van der Waals surface area contributed by atoms with Crippen LogP contribution < -0.4 is 5.32 Å². The number of hydrogen-bond donors (Lipinski definition) is 1. The van der Waals surface area contributed by atoms with Crippen LogP contribution in [0.4, 0.5) is 5.69 Å². The number of benzene rings is 1. The van der Waals surface area contributed by atoms with Gasteiger partial charge in [-0.1, -0.05) is 17.7 Å². The topological polar surface area (TPSA) is 46.2 Å².